The van der Waals surface area contributed by atoms with Gasteiger partial charge in [-0.1, -0.05) is 0 Å². The molecule has 0 aromatic heterocycles. The molecular formula is C17H15NO6S. The van der Waals surface area contributed by atoms with Crippen LogP contribution in [0.5, 0.6) is 11.5 Å². The molecule has 3 rings (SSSR count). The number of benzene rings is 2. The molecule has 130 valence electrons. The summed E-state index contributed by atoms with van der Waals surface area (Å²) in [4.78, 5) is 24.4. The van der Waals surface area contributed by atoms with Crippen LogP contribution in [0, 0.1) is 0 Å². The maximum Gasteiger partial charge on any atom is 0.255 e. The molecule has 0 atom stereocenters. The van der Waals surface area contributed by atoms with Gasteiger partial charge in [0.05, 0.1) is 10.6 Å². The van der Waals surface area contributed by atoms with Crippen LogP contribution in [0.3, 0.4) is 0 Å². The number of hydrogen-bond acceptors (Lipinski definition) is 6. The van der Waals surface area contributed by atoms with Crippen LogP contribution in [0.2, 0.25) is 0 Å². The van der Waals surface area contributed by atoms with E-state index in [-0.39, 0.29) is 23.0 Å². The predicted molar refractivity (Wildman–Crippen MR) is 90.1 cm³/mol. The second-order valence-electron chi connectivity index (χ2n) is 5.56. The molecule has 1 aliphatic rings. The van der Waals surface area contributed by atoms with Crippen molar-refractivity contribution in [2.45, 2.75) is 11.8 Å². The number of nitrogens with one attached hydrogen (secondary N) is 1. The van der Waals surface area contributed by atoms with Gasteiger partial charge in [-0.3, -0.25) is 9.59 Å². The number of ether oxygens (including phenoxy) is 2. The van der Waals surface area contributed by atoms with E-state index in [9.17, 15) is 18.0 Å². The Balaban J connectivity index is 1.89. The minimum absolute atomic E-state index is 0.0526. The minimum atomic E-state index is -3.34. The van der Waals surface area contributed by atoms with Crippen LogP contribution in [-0.4, -0.2) is 33.2 Å². The number of sulfone groups is 1. The molecule has 0 radical (unpaired) electrons. The zero-order chi connectivity index (χ0) is 18.2. The molecule has 0 unspecified atom stereocenters. The third-order valence-corrected chi connectivity index (χ3v) is 4.81. The molecule has 0 spiro atoms. The first-order chi connectivity index (χ1) is 11.8. The highest BCUT2D eigenvalue weighted by Gasteiger charge is 2.21. The monoisotopic (exact) mass is 361 g/mol. The van der Waals surface area contributed by atoms with Crippen LogP contribution >= 0.6 is 0 Å². The van der Waals surface area contributed by atoms with E-state index in [4.69, 9.17) is 9.47 Å². The van der Waals surface area contributed by atoms with Crippen LogP contribution in [0.15, 0.2) is 41.3 Å². The third kappa shape index (κ3) is 3.48. The van der Waals surface area contributed by atoms with E-state index in [0.29, 0.717) is 22.7 Å². The largest absolute Gasteiger partial charge is 0.454 e. The Hall–Kier alpha value is -2.87. The van der Waals surface area contributed by atoms with Gasteiger partial charge in [-0.25, -0.2) is 8.42 Å². The van der Waals surface area contributed by atoms with Crippen molar-refractivity contribution in [3.8, 4) is 11.5 Å². The highest BCUT2D eigenvalue weighted by molar-refractivity contribution is 7.90. The van der Waals surface area contributed by atoms with Crippen molar-refractivity contribution in [3.05, 3.63) is 47.5 Å². The zero-order valence-corrected chi connectivity index (χ0v) is 14.3. The van der Waals surface area contributed by atoms with Gasteiger partial charge in [0.1, 0.15) is 0 Å². The number of fused-ring (bicyclic) bond motifs is 1. The van der Waals surface area contributed by atoms with Gasteiger partial charge >= 0.3 is 0 Å². The molecular weight excluding hydrogens is 346 g/mol. The summed E-state index contributed by atoms with van der Waals surface area (Å²) in [6.07, 6.45) is 1.09. The summed E-state index contributed by atoms with van der Waals surface area (Å²) in [6.45, 7) is 1.44. The molecule has 0 bridgehead atoms. The molecule has 25 heavy (non-hydrogen) atoms. The lowest BCUT2D eigenvalue weighted by atomic mass is 10.1. The summed E-state index contributed by atoms with van der Waals surface area (Å²) in [7, 11) is -3.34. The van der Waals surface area contributed by atoms with Crippen LogP contribution in [-0.2, 0) is 9.84 Å². The number of carbonyl (C=O) groups excluding carboxylic acids is 2. The van der Waals surface area contributed by atoms with Gasteiger partial charge in [-0.2, -0.15) is 0 Å². The fraction of sp³-hybridized carbons (Fsp3) is 0.176. The van der Waals surface area contributed by atoms with Crippen molar-refractivity contribution in [3.63, 3.8) is 0 Å². The summed E-state index contributed by atoms with van der Waals surface area (Å²) in [6, 6.07) is 8.58. The first-order valence-corrected chi connectivity index (χ1v) is 9.21. The molecule has 0 saturated carbocycles. The van der Waals surface area contributed by atoms with Crippen molar-refractivity contribution < 1.29 is 27.5 Å². The second-order valence-corrected chi connectivity index (χ2v) is 7.57. The zero-order valence-electron chi connectivity index (χ0n) is 13.5. The molecule has 0 fully saturated rings. The Labute approximate surface area is 144 Å². The molecule has 2 aromatic rings. The lowest BCUT2D eigenvalue weighted by molar-refractivity contribution is 0.101. The standard InChI is InChI=1S/C17H15NO6S/c1-10(19)13-7-15-16(24-9-23-15)8-14(13)18-17(20)11-3-5-12(6-4-11)25(2,21)22/h3-8H,9H2,1-2H3,(H,18,20). The Morgan fingerprint density at radius 1 is 1.04 bits per heavy atom. The fourth-order valence-corrected chi connectivity index (χ4v) is 3.02. The number of ketones is 1. The molecule has 2 aromatic carbocycles. The number of carbonyl (C=O) groups is 2. The van der Waals surface area contributed by atoms with Crippen LogP contribution in [0.1, 0.15) is 27.6 Å². The second kappa shape index (κ2) is 6.21. The number of Topliss-reactive ketones (excluding diaryl/α,β-unsaturated/α-hetero) is 1. The minimum Gasteiger partial charge on any atom is -0.454 e. The van der Waals surface area contributed by atoms with E-state index in [0.717, 1.165) is 6.26 Å². The van der Waals surface area contributed by atoms with Crippen molar-refractivity contribution in [2.24, 2.45) is 0 Å². The quantitative estimate of drug-likeness (QED) is 0.839. The molecule has 1 amide bonds. The van der Waals surface area contributed by atoms with Gasteiger partial charge in [0.15, 0.2) is 27.1 Å². The van der Waals surface area contributed by atoms with Crippen molar-refractivity contribution in [2.75, 3.05) is 18.4 Å². The maximum atomic E-state index is 12.4. The first-order valence-electron chi connectivity index (χ1n) is 7.32. The Bertz CT molecular complexity index is 963. The van der Waals surface area contributed by atoms with Gasteiger partial charge < -0.3 is 14.8 Å². The fourth-order valence-electron chi connectivity index (χ4n) is 2.38. The van der Waals surface area contributed by atoms with E-state index >= 15 is 0 Å². The van der Waals surface area contributed by atoms with E-state index in [1.165, 1.54) is 43.3 Å². The van der Waals surface area contributed by atoms with E-state index in [1.54, 1.807) is 0 Å². The summed E-state index contributed by atoms with van der Waals surface area (Å²) in [5, 5.41) is 2.65. The Kier molecular flexibility index (Phi) is 4.22. The molecule has 7 nitrogen and oxygen atoms in total. The Morgan fingerprint density at radius 2 is 1.64 bits per heavy atom. The maximum absolute atomic E-state index is 12.4. The van der Waals surface area contributed by atoms with Crippen LogP contribution < -0.4 is 14.8 Å². The molecule has 0 aliphatic carbocycles. The number of hydrogen-bond donors (Lipinski definition) is 1. The van der Waals surface area contributed by atoms with Gasteiger partial charge in [-0.15, -0.1) is 0 Å². The highest BCUT2D eigenvalue weighted by Crippen LogP contribution is 2.37. The smallest absolute Gasteiger partial charge is 0.255 e. The average molecular weight is 361 g/mol. The number of amides is 1. The van der Waals surface area contributed by atoms with E-state index in [2.05, 4.69) is 5.32 Å². The highest BCUT2D eigenvalue weighted by atomic mass is 32.2. The normalized spacial score (nSPS) is 12.7. The summed E-state index contributed by atoms with van der Waals surface area (Å²) < 4.78 is 33.4. The van der Waals surface area contributed by atoms with Crippen LogP contribution in [0.4, 0.5) is 5.69 Å². The lowest BCUT2D eigenvalue weighted by Gasteiger charge is -2.11. The SMILES string of the molecule is CC(=O)c1cc2c(cc1NC(=O)c1ccc(S(C)(=O)=O)cc1)OCO2. The molecule has 0 saturated heterocycles. The topological polar surface area (TPSA) is 98.8 Å². The molecule has 1 aliphatic heterocycles. The molecule has 1 heterocycles. The van der Waals surface area contributed by atoms with Gasteiger partial charge in [-0.05, 0) is 37.3 Å². The van der Waals surface area contributed by atoms with E-state index in [1.807, 2.05) is 0 Å². The van der Waals surface area contributed by atoms with Crippen molar-refractivity contribution >= 4 is 27.2 Å². The Morgan fingerprint density at radius 3 is 2.20 bits per heavy atom. The van der Waals surface area contributed by atoms with Crippen LogP contribution in [0.25, 0.3) is 0 Å². The van der Waals surface area contributed by atoms with Gasteiger partial charge in [0, 0.05) is 23.4 Å². The van der Waals surface area contributed by atoms with Crippen molar-refractivity contribution in [1.29, 1.82) is 0 Å². The van der Waals surface area contributed by atoms with Gasteiger partial charge in [0.2, 0.25) is 6.79 Å². The average Bonchev–Trinajstić information content (AvgIpc) is 3.00. The summed E-state index contributed by atoms with van der Waals surface area (Å²) in [5.74, 6) is 0.177. The van der Waals surface area contributed by atoms with Crippen molar-refractivity contribution in [1.82, 2.24) is 0 Å². The summed E-state index contributed by atoms with van der Waals surface area (Å²) in [5.41, 5.74) is 0.860. The third-order valence-electron chi connectivity index (χ3n) is 3.68. The van der Waals surface area contributed by atoms with E-state index < -0.39 is 15.7 Å². The first kappa shape index (κ1) is 17.0. The van der Waals surface area contributed by atoms with Gasteiger partial charge in [0.25, 0.3) is 5.91 Å². The molecule has 8 heteroatoms. The lowest BCUT2D eigenvalue weighted by Crippen LogP contribution is -2.14. The predicted octanol–water partition coefficient (Wildman–Crippen LogP) is 2.27. The number of anilines is 1. The number of rotatable bonds is 4. The summed E-state index contributed by atoms with van der Waals surface area (Å²) >= 11 is 0. The molecule has 1 N–H and O–H groups in total.